The molecule has 88 valence electrons. The fourth-order valence-corrected chi connectivity index (χ4v) is 1.02. The molecule has 4 nitrogen and oxygen atoms in total. The predicted octanol–water partition coefficient (Wildman–Crippen LogP) is 2.60. The molecule has 0 aromatic heterocycles. The van der Waals surface area contributed by atoms with Gasteiger partial charge in [0.05, 0.1) is 7.11 Å². The minimum atomic E-state index is -1.17. The summed E-state index contributed by atoms with van der Waals surface area (Å²) < 4.78 is 21.9. The standard InChI is InChI=1S/C11H14FNO3/c1-8(12)7-16-11(14)13-9-3-5-10(15-2)6-4-9/h3-6,8H,7H2,1-2H3,(H,13,14). The molecule has 0 heterocycles. The quantitative estimate of drug-likeness (QED) is 0.860. The summed E-state index contributed by atoms with van der Waals surface area (Å²) in [6.07, 6.45) is -1.84. The van der Waals surface area contributed by atoms with E-state index in [1.165, 1.54) is 6.92 Å². The molecule has 0 spiro atoms. The molecule has 0 bridgehead atoms. The zero-order chi connectivity index (χ0) is 12.0. The summed E-state index contributed by atoms with van der Waals surface area (Å²) in [7, 11) is 1.55. The van der Waals surface area contributed by atoms with Crippen LogP contribution in [0, 0.1) is 0 Å². The highest BCUT2D eigenvalue weighted by Crippen LogP contribution is 2.15. The zero-order valence-corrected chi connectivity index (χ0v) is 9.20. The number of amides is 1. The van der Waals surface area contributed by atoms with Crippen LogP contribution in [0.4, 0.5) is 14.9 Å². The lowest BCUT2D eigenvalue weighted by atomic mass is 10.3. The fraction of sp³-hybridized carbons (Fsp3) is 0.364. The number of anilines is 1. The average Bonchev–Trinajstić information content (AvgIpc) is 2.27. The van der Waals surface area contributed by atoms with Crippen molar-refractivity contribution in [1.29, 1.82) is 0 Å². The first-order valence-corrected chi connectivity index (χ1v) is 4.83. The van der Waals surface area contributed by atoms with Gasteiger partial charge in [-0.05, 0) is 31.2 Å². The highest BCUT2D eigenvalue weighted by molar-refractivity contribution is 5.84. The maximum atomic E-state index is 12.4. The third kappa shape index (κ3) is 4.16. The minimum absolute atomic E-state index is 0.248. The molecule has 16 heavy (non-hydrogen) atoms. The van der Waals surface area contributed by atoms with Crippen molar-refractivity contribution >= 4 is 11.8 Å². The summed E-state index contributed by atoms with van der Waals surface area (Å²) in [5.74, 6) is 0.691. The number of hydrogen-bond donors (Lipinski definition) is 1. The number of halogens is 1. The van der Waals surface area contributed by atoms with Crippen molar-refractivity contribution < 1.29 is 18.7 Å². The number of rotatable bonds is 4. The van der Waals surface area contributed by atoms with Crippen LogP contribution in [0.1, 0.15) is 6.92 Å². The molecule has 1 N–H and O–H groups in total. The van der Waals surface area contributed by atoms with Crippen molar-refractivity contribution in [1.82, 2.24) is 0 Å². The van der Waals surface area contributed by atoms with E-state index in [0.717, 1.165) is 0 Å². The van der Waals surface area contributed by atoms with Gasteiger partial charge < -0.3 is 9.47 Å². The molecule has 0 radical (unpaired) electrons. The summed E-state index contributed by atoms with van der Waals surface area (Å²) >= 11 is 0. The van der Waals surface area contributed by atoms with E-state index in [0.29, 0.717) is 11.4 Å². The molecule has 1 rings (SSSR count). The molecule has 1 aromatic rings. The second-order valence-corrected chi connectivity index (χ2v) is 3.23. The Morgan fingerprint density at radius 3 is 2.56 bits per heavy atom. The van der Waals surface area contributed by atoms with E-state index in [1.807, 2.05) is 0 Å². The van der Waals surface area contributed by atoms with Crippen molar-refractivity contribution in [3.8, 4) is 5.75 Å². The molecule has 1 atom stereocenters. The highest BCUT2D eigenvalue weighted by Gasteiger charge is 2.05. The first kappa shape index (κ1) is 12.3. The third-order valence-corrected chi connectivity index (χ3v) is 1.78. The number of carbonyl (C=O) groups excluding carboxylic acids is 1. The van der Waals surface area contributed by atoms with Crippen LogP contribution in [-0.2, 0) is 4.74 Å². The second-order valence-electron chi connectivity index (χ2n) is 3.23. The zero-order valence-electron chi connectivity index (χ0n) is 9.20. The van der Waals surface area contributed by atoms with Gasteiger partial charge in [0.1, 0.15) is 18.5 Å². The van der Waals surface area contributed by atoms with Crippen LogP contribution in [-0.4, -0.2) is 26.0 Å². The molecule has 1 unspecified atom stereocenters. The van der Waals surface area contributed by atoms with Crippen molar-refractivity contribution in [3.63, 3.8) is 0 Å². The number of carbonyl (C=O) groups is 1. The Morgan fingerprint density at radius 2 is 2.06 bits per heavy atom. The molecule has 0 aliphatic rings. The molecule has 0 fully saturated rings. The molecular formula is C11H14FNO3. The number of nitrogens with one attached hydrogen (secondary N) is 1. The van der Waals surface area contributed by atoms with Crippen LogP contribution < -0.4 is 10.1 Å². The van der Waals surface area contributed by atoms with E-state index < -0.39 is 12.3 Å². The van der Waals surface area contributed by atoms with Gasteiger partial charge in [0.15, 0.2) is 0 Å². The van der Waals surface area contributed by atoms with Crippen molar-refractivity contribution in [2.75, 3.05) is 19.0 Å². The van der Waals surface area contributed by atoms with Crippen molar-refractivity contribution in [3.05, 3.63) is 24.3 Å². The number of hydrogen-bond acceptors (Lipinski definition) is 3. The number of methoxy groups -OCH3 is 1. The van der Waals surface area contributed by atoms with Crippen LogP contribution in [0.3, 0.4) is 0 Å². The molecule has 1 aromatic carbocycles. The van der Waals surface area contributed by atoms with E-state index in [-0.39, 0.29) is 6.61 Å². The first-order valence-electron chi connectivity index (χ1n) is 4.83. The summed E-state index contributed by atoms with van der Waals surface area (Å²) in [5.41, 5.74) is 0.567. The summed E-state index contributed by atoms with van der Waals surface area (Å²) in [4.78, 5) is 11.1. The first-order chi connectivity index (χ1) is 7.61. The van der Waals surface area contributed by atoms with Gasteiger partial charge in [-0.25, -0.2) is 9.18 Å². The lowest BCUT2D eigenvalue weighted by molar-refractivity contribution is 0.129. The van der Waals surface area contributed by atoms with E-state index in [9.17, 15) is 9.18 Å². The van der Waals surface area contributed by atoms with Gasteiger partial charge in [-0.1, -0.05) is 0 Å². The van der Waals surface area contributed by atoms with Gasteiger partial charge in [0.2, 0.25) is 0 Å². The number of ether oxygens (including phenoxy) is 2. The van der Waals surface area contributed by atoms with Crippen molar-refractivity contribution in [2.24, 2.45) is 0 Å². The second kappa shape index (κ2) is 5.95. The van der Waals surface area contributed by atoms with Crippen LogP contribution >= 0.6 is 0 Å². The van der Waals surface area contributed by atoms with Crippen molar-refractivity contribution in [2.45, 2.75) is 13.1 Å². The lowest BCUT2D eigenvalue weighted by Gasteiger charge is -2.07. The van der Waals surface area contributed by atoms with Crippen LogP contribution in [0.25, 0.3) is 0 Å². The number of alkyl halides is 1. The SMILES string of the molecule is COc1ccc(NC(=O)OCC(C)F)cc1. The Morgan fingerprint density at radius 1 is 1.44 bits per heavy atom. The van der Waals surface area contributed by atoms with Gasteiger partial charge in [-0.15, -0.1) is 0 Å². The van der Waals surface area contributed by atoms with Crippen LogP contribution in [0.2, 0.25) is 0 Å². The number of benzene rings is 1. The molecule has 0 aliphatic carbocycles. The Labute approximate surface area is 93.4 Å². The van der Waals surface area contributed by atoms with Gasteiger partial charge in [-0.2, -0.15) is 0 Å². The topological polar surface area (TPSA) is 47.6 Å². The average molecular weight is 227 g/mol. The Hall–Kier alpha value is -1.78. The molecule has 1 amide bonds. The van der Waals surface area contributed by atoms with E-state index in [4.69, 9.17) is 4.74 Å². The van der Waals surface area contributed by atoms with E-state index >= 15 is 0 Å². The maximum absolute atomic E-state index is 12.4. The summed E-state index contributed by atoms with van der Waals surface area (Å²) in [6.45, 7) is 1.07. The van der Waals surface area contributed by atoms with Crippen LogP contribution in [0.5, 0.6) is 5.75 Å². The third-order valence-electron chi connectivity index (χ3n) is 1.78. The predicted molar refractivity (Wildman–Crippen MR) is 58.5 cm³/mol. The Kier molecular flexibility index (Phi) is 4.57. The minimum Gasteiger partial charge on any atom is -0.497 e. The molecule has 0 aliphatic heterocycles. The highest BCUT2D eigenvalue weighted by atomic mass is 19.1. The molecule has 5 heteroatoms. The van der Waals surface area contributed by atoms with Gasteiger partial charge >= 0.3 is 6.09 Å². The van der Waals surface area contributed by atoms with Crippen LogP contribution in [0.15, 0.2) is 24.3 Å². The van der Waals surface area contributed by atoms with Gasteiger partial charge in [0.25, 0.3) is 0 Å². The van der Waals surface area contributed by atoms with Gasteiger partial charge in [0, 0.05) is 5.69 Å². The largest absolute Gasteiger partial charge is 0.497 e. The summed E-state index contributed by atoms with van der Waals surface area (Å²) in [5, 5.41) is 2.47. The smallest absolute Gasteiger partial charge is 0.411 e. The Bertz CT molecular complexity index is 338. The molecule has 0 saturated carbocycles. The maximum Gasteiger partial charge on any atom is 0.411 e. The summed E-state index contributed by atoms with van der Waals surface area (Å²) in [6, 6.07) is 6.73. The van der Waals surface area contributed by atoms with E-state index in [2.05, 4.69) is 10.1 Å². The fourth-order valence-electron chi connectivity index (χ4n) is 1.02. The lowest BCUT2D eigenvalue weighted by Crippen LogP contribution is -2.17. The molecule has 0 saturated heterocycles. The van der Waals surface area contributed by atoms with E-state index in [1.54, 1.807) is 31.4 Å². The normalized spacial score (nSPS) is 11.7. The Balaban J connectivity index is 2.43. The monoisotopic (exact) mass is 227 g/mol. The van der Waals surface area contributed by atoms with Gasteiger partial charge in [-0.3, -0.25) is 5.32 Å². The molecular weight excluding hydrogens is 213 g/mol.